The molecule has 2 rings (SSSR count). The van der Waals surface area contributed by atoms with Crippen molar-refractivity contribution in [3.63, 3.8) is 0 Å². The lowest BCUT2D eigenvalue weighted by Gasteiger charge is -2.05. The van der Waals surface area contributed by atoms with Crippen molar-refractivity contribution < 1.29 is 9.53 Å². The molecule has 0 radical (unpaired) electrons. The second-order valence-corrected chi connectivity index (χ2v) is 4.00. The maximum Gasteiger partial charge on any atom is 0.216 e. The minimum atomic E-state index is 0.0796. The van der Waals surface area contributed by atoms with Gasteiger partial charge in [0.05, 0.1) is 6.61 Å². The average Bonchev–Trinajstić information content (AvgIpc) is 2.76. The fraction of sp³-hybridized carbons (Fsp3) is 0.923. The third-order valence-corrected chi connectivity index (χ3v) is 3.09. The summed E-state index contributed by atoms with van der Waals surface area (Å²) >= 11 is 0. The molecule has 1 amide bonds. The van der Waals surface area contributed by atoms with Gasteiger partial charge in [-0.1, -0.05) is 27.7 Å². The minimum Gasteiger partial charge on any atom is -0.381 e. The molecule has 1 heterocycles. The summed E-state index contributed by atoms with van der Waals surface area (Å²) in [4.78, 5) is 10.6. The van der Waals surface area contributed by atoms with Crippen molar-refractivity contribution in [2.45, 2.75) is 47.5 Å². The van der Waals surface area contributed by atoms with Gasteiger partial charge >= 0.3 is 0 Å². The molecule has 3 heteroatoms. The van der Waals surface area contributed by atoms with Crippen LogP contribution in [0.2, 0.25) is 0 Å². The van der Waals surface area contributed by atoms with Crippen LogP contribution in [-0.2, 0) is 9.53 Å². The van der Waals surface area contributed by atoms with Crippen molar-refractivity contribution in [3.05, 3.63) is 0 Å². The molecule has 2 aliphatic rings. The normalized spacial score (nSPS) is 29.7. The Bertz CT molecular complexity index is 198. The number of ether oxygens (including phenoxy) is 1. The van der Waals surface area contributed by atoms with Crippen LogP contribution in [0, 0.1) is 11.3 Å². The zero-order valence-corrected chi connectivity index (χ0v) is 11.4. The Balaban J connectivity index is 0.000000509. The van der Waals surface area contributed by atoms with Gasteiger partial charge in [0.15, 0.2) is 0 Å². The zero-order chi connectivity index (χ0) is 12.6. The van der Waals surface area contributed by atoms with Crippen LogP contribution in [0.25, 0.3) is 0 Å². The summed E-state index contributed by atoms with van der Waals surface area (Å²) in [7, 11) is 0. The Kier molecular flexibility index (Phi) is 7.39. The second-order valence-electron chi connectivity index (χ2n) is 4.00. The van der Waals surface area contributed by atoms with E-state index in [1.807, 2.05) is 27.7 Å². The number of carbonyl (C=O) groups is 1. The molecule has 1 saturated heterocycles. The lowest BCUT2D eigenvalue weighted by atomic mass is 10.0. The van der Waals surface area contributed by atoms with E-state index in [-0.39, 0.29) is 5.91 Å². The first kappa shape index (κ1) is 15.4. The smallest absolute Gasteiger partial charge is 0.216 e. The summed E-state index contributed by atoms with van der Waals surface area (Å²) < 4.78 is 5.35. The van der Waals surface area contributed by atoms with Gasteiger partial charge in [-0.15, -0.1) is 0 Å². The Labute approximate surface area is 99.9 Å². The second kappa shape index (κ2) is 7.66. The van der Waals surface area contributed by atoms with Gasteiger partial charge in [0.2, 0.25) is 5.91 Å². The number of amides is 1. The molecule has 1 aliphatic heterocycles. The first-order valence-electron chi connectivity index (χ1n) is 6.55. The van der Waals surface area contributed by atoms with Crippen molar-refractivity contribution in [2.75, 3.05) is 19.8 Å². The third kappa shape index (κ3) is 4.12. The fourth-order valence-electron chi connectivity index (χ4n) is 2.09. The lowest BCUT2D eigenvalue weighted by molar-refractivity contribution is -0.119. The van der Waals surface area contributed by atoms with E-state index in [0.717, 1.165) is 19.8 Å². The third-order valence-electron chi connectivity index (χ3n) is 3.09. The van der Waals surface area contributed by atoms with Gasteiger partial charge in [0.25, 0.3) is 0 Å². The topological polar surface area (TPSA) is 38.3 Å². The predicted molar refractivity (Wildman–Crippen MR) is 67.4 cm³/mol. The van der Waals surface area contributed by atoms with Crippen molar-refractivity contribution in [3.8, 4) is 0 Å². The van der Waals surface area contributed by atoms with Gasteiger partial charge in [-0.3, -0.25) is 4.79 Å². The van der Waals surface area contributed by atoms with Gasteiger partial charge in [-0.05, 0) is 18.8 Å². The van der Waals surface area contributed by atoms with Gasteiger partial charge in [0.1, 0.15) is 0 Å². The van der Waals surface area contributed by atoms with Crippen LogP contribution in [0.15, 0.2) is 0 Å². The summed E-state index contributed by atoms with van der Waals surface area (Å²) in [5.74, 6) is 0.764. The predicted octanol–water partition coefficient (Wildman–Crippen LogP) is 2.60. The van der Waals surface area contributed by atoms with Crippen LogP contribution in [0.4, 0.5) is 0 Å². The van der Waals surface area contributed by atoms with Crippen LogP contribution in [0.5, 0.6) is 0 Å². The van der Waals surface area contributed by atoms with Crippen molar-refractivity contribution in [1.29, 1.82) is 0 Å². The first-order valence-corrected chi connectivity index (χ1v) is 6.55. The van der Waals surface area contributed by atoms with Gasteiger partial charge in [-0.2, -0.15) is 0 Å². The molecular formula is C13H27NO2. The van der Waals surface area contributed by atoms with E-state index in [1.54, 1.807) is 6.92 Å². The fourth-order valence-corrected chi connectivity index (χ4v) is 2.09. The summed E-state index contributed by atoms with van der Waals surface area (Å²) in [5, 5.41) is 2.86. The standard InChI is InChI=1S/C9H15NO2.2C2H6/c1-7(11)10-5-8-4-9(8)2-3-12-6-9;2*1-2/h8H,2-6H2,1H3,(H,10,11);2*1-2H3. The largest absolute Gasteiger partial charge is 0.381 e. The molecule has 2 atom stereocenters. The van der Waals surface area contributed by atoms with Crippen molar-refractivity contribution in [1.82, 2.24) is 5.32 Å². The highest BCUT2D eigenvalue weighted by molar-refractivity contribution is 5.72. The zero-order valence-electron chi connectivity index (χ0n) is 11.4. The van der Waals surface area contributed by atoms with E-state index in [0.29, 0.717) is 11.3 Å². The summed E-state index contributed by atoms with van der Waals surface area (Å²) in [5.41, 5.74) is 0.461. The molecule has 16 heavy (non-hydrogen) atoms. The van der Waals surface area contributed by atoms with E-state index in [4.69, 9.17) is 4.74 Å². The van der Waals surface area contributed by atoms with Crippen LogP contribution in [0.1, 0.15) is 47.5 Å². The maximum absolute atomic E-state index is 10.6. The summed E-state index contributed by atoms with van der Waals surface area (Å²) in [6.45, 7) is 12.2. The SMILES string of the molecule is CC.CC.CC(=O)NCC1CC12CCOC2. The molecule has 3 nitrogen and oxygen atoms in total. The number of hydrogen-bond donors (Lipinski definition) is 1. The van der Waals surface area contributed by atoms with Crippen LogP contribution >= 0.6 is 0 Å². The Morgan fingerprint density at radius 2 is 2.00 bits per heavy atom. The number of hydrogen-bond acceptors (Lipinski definition) is 2. The number of nitrogens with one attached hydrogen (secondary N) is 1. The molecule has 1 spiro atoms. The highest BCUT2D eigenvalue weighted by Crippen LogP contribution is 2.57. The highest BCUT2D eigenvalue weighted by Gasteiger charge is 2.55. The van der Waals surface area contributed by atoms with Crippen LogP contribution in [-0.4, -0.2) is 25.7 Å². The summed E-state index contributed by atoms with van der Waals surface area (Å²) in [6, 6.07) is 0. The molecule has 0 bridgehead atoms. The van der Waals surface area contributed by atoms with Gasteiger partial charge in [0, 0.05) is 25.5 Å². The molecule has 1 saturated carbocycles. The van der Waals surface area contributed by atoms with Crippen LogP contribution < -0.4 is 5.32 Å². The highest BCUT2D eigenvalue weighted by atomic mass is 16.5. The molecular weight excluding hydrogens is 202 g/mol. The number of carbonyl (C=O) groups excluding carboxylic acids is 1. The van der Waals surface area contributed by atoms with Crippen LogP contribution in [0.3, 0.4) is 0 Å². The summed E-state index contributed by atoms with van der Waals surface area (Å²) in [6.07, 6.45) is 2.44. The quantitative estimate of drug-likeness (QED) is 0.790. The Morgan fingerprint density at radius 3 is 2.44 bits per heavy atom. The molecule has 0 aromatic heterocycles. The average molecular weight is 229 g/mol. The van der Waals surface area contributed by atoms with E-state index < -0.39 is 0 Å². The Hall–Kier alpha value is -0.570. The van der Waals surface area contributed by atoms with Crippen molar-refractivity contribution in [2.24, 2.45) is 11.3 Å². The lowest BCUT2D eigenvalue weighted by Crippen LogP contribution is -2.24. The molecule has 1 N–H and O–H groups in total. The number of rotatable bonds is 2. The van der Waals surface area contributed by atoms with E-state index in [1.165, 1.54) is 12.8 Å². The van der Waals surface area contributed by atoms with E-state index in [9.17, 15) is 4.79 Å². The van der Waals surface area contributed by atoms with Gasteiger partial charge in [-0.25, -0.2) is 0 Å². The monoisotopic (exact) mass is 229 g/mol. The molecule has 2 fully saturated rings. The van der Waals surface area contributed by atoms with E-state index >= 15 is 0 Å². The molecule has 2 unspecified atom stereocenters. The van der Waals surface area contributed by atoms with Crippen molar-refractivity contribution >= 4 is 5.91 Å². The molecule has 1 aliphatic carbocycles. The molecule has 0 aromatic rings. The van der Waals surface area contributed by atoms with Gasteiger partial charge < -0.3 is 10.1 Å². The minimum absolute atomic E-state index is 0.0796. The molecule has 0 aromatic carbocycles. The van der Waals surface area contributed by atoms with E-state index in [2.05, 4.69) is 5.32 Å². The molecule has 96 valence electrons. The maximum atomic E-state index is 10.6. The first-order chi connectivity index (χ1) is 7.73. The Morgan fingerprint density at radius 1 is 1.38 bits per heavy atom.